The van der Waals surface area contributed by atoms with E-state index in [-0.39, 0.29) is 17.0 Å². The maximum atomic E-state index is 2.29. The van der Waals surface area contributed by atoms with E-state index in [2.05, 4.69) is 74.5 Å². The number of hydrogen-bond donors (Lipinski definition) is 0. The molecule has 2 aromatic carbocycles. The third-order valence-electron chi connectivity index (χ3n) is 4.29. The minimum absolute atomic E-state index is 0. The molecule has 0 saturated carbocycles. The molecule has 0 saturated heterocycles. The molecule has 0 unspecified atom stereocenters. The van der Waals surface area contributed by atoms with Crippen LogP contribution in [0.2, 0.25) is 0 Å². The third kappa shape index (κ3) is 4.44. The first kappa shape index (κ1) is 18.9. The Bertz CT molecular complexity index is 460. The summed E-state index contributed by atoms with van der Waals surface area (Å²) in [6.07, 6.45) is 5.00. The minimum atomic E-state index is 0. The van der Waals surface area contributed by atoms with Gasteiger partial charge in [0.15, 0.2) is 0 Å². The molecule has 1 nitrogen and oxygen atoms in total. The number of unbranched alkanes of at least 4 members (excludes halogenated alkanes) is 2. The van der Waals surface area contributed by atoms with E-state index in [0.29, 0.717) is 0 Å². The predicted octanol–water partition coefficient (Wildman–Crippen LogP) is 2.93. The normalized spacial score (nSPS) is 11.0. The molecule has 0 fully saturated rings. The van der Waals surface area contributed by atoms with E-state index >= 15 is 0 Å². The van der Waals surface area contributed by atoms with Gasteiger partial charge in [0.25, 0.3) is 0 Å². The summed E-state index contributed by atoms with van der Waals surface area (Å²) in [6, 6.07) is 22.1. The molecule has 2 aromatic rings. The van der Waals surface area contributed by atoms with Crippen LogP contribution >= 0.6 is 0 Å². The van der Waals surface area contributed by atoms with Crippen LogP contribution in [0.25, 0.3) is 0 Å². The Hall–Kier alpha value is -1.12. The molecule has 0 aliphatic carbocycles. The summed E-state index contributed by atoms with van der Waals surface area (Å²) in [7, 11) is 0. The molecule has 0 spiro atoms. The highest BCUT2D eigenvalue weighted by Gasteiger charge is 2.31. The average Bonchev–Trinajstić information content (AvgIpc) is 2.57. The fraction of sp³-hybridized carbons (Fsp3) is 0.400. The van der Waals surface area contributed by atoms with Gasteiger partial charge in [-0.3, -0.25) is 4.48 Å². The van der Waals surface area contributed by atoms with Crippen molar-refractivity contribution in [3.63, 3.8) is 0 Å². The van der Waals surface area contributed by atoms with E-state index in [0.717, 1.165) is 4.48 Å². The monoisotopic (exact) mass is 361 g/mol. The van der Waals surface area contributed by atoms with Gasteiger partial charge < -0.3 is 17.0 Å². The molecule has 2 rings (SSSR count). The van der Waals surface area contributed by atoms with Gasteiger partial charge in [-0.05, 0) is 37.1 Å². The third-order valence-corrected chi connectivity index (χ3v) is 4.29. The average molecular weight is 362 g/mol. The largest absolute Gasteiger partial charge is 1.00 e. The number of rotatable bonds is 8. The van der Waals surface area contributed by atoms with Crippen LogP contribution in [0.1, 0.15) is 39.5 Å². The summed E-state index contributed by atoms with van der Waals surface area (Å²) >= 11 is 0. The van der Waals surface area contributed by atoms with Crippen molar-refractivity contribution in [3.8, 4) is 0 Å². The molecule has 0 heterocycles. The molecule has 2 heteroatoms. The lowest BCUT2D eigenvalue weighted by molar-refractivity contribution is -0.00000438. The van der Waals surface area contributed by atoms with E-state index < -0.39 is 0 Å². The van der Waals surface area contributed by atoms with Crippen LogP contribution in [-0.2, 0) is 0 Å². The Balaban J connectivity index is 0.00000242. The van der Waals surface area contributed by atoms with Crippen LogP contribution in [0.3, 0.4) is 0 Å². The quantitative estimate of drug-likeness (QED) is 0.634. The summed E-state index contributed by atoms with van der Waals surface area (Å²) < 4.78 is 0.989. The summed E-state index contributed by atoms with van der Waals surface area (Å²) in [5.41, 5.74) is 2.84. The first-order valence-corrected chi connectivity index (χ1v) is 8.32. The number of hydrogen-bond acceptors (Lipinski definition) is 0. The topological polar surface area (TPSA) is 0 Å². The molecular weight excluding hydrogens is 334 g/mol. The van der Waals surface area contributed by atoms with Gasteiger partial charge in [0, 0.05) is 0 Å². The van der Waals surface area contributed by atoms with E-state index in [1.807, 2.05) is 0 Å². The van der Waals surface area contributed by atoms with Crippen molar-refractivity contribution in [2.24, 2.45) is 0 Å². The minimum Gasteiger partial charge on any atom is -1.00 e. The van der Waals surface area contributed by atoms with Crippen molar-refractivity contribution >= 4 is 11.4 Å². The molecule has 0 N–H and O–H groups in total. The van der Waals surface area contributed by atoms with Crippen LogP contribution < -0.4 is 21.5 Å². The van der Waals surface area contributed by atoms with Crippen LogP contribution in [0.4, 0.5) is 11.4 Å². The summed E-state index contributed by atoms with van der Waals surface area (Å²) in [5, 5.41) is 0. The Labute approximate surface area is 146 Å². The fourth-order valence-corrected chi connectivity index (χ4v) is 3.06. The molecule has 120 valence electrons. The zero-order valence-corrected chi connectivity index (χ0v) is 15.4. The zero-order valence-electron chi connectivity index (χ0n) is 13.8. The molecule has 0 radical (unpaired) electrons. The smallest absolute Gasteiger partial charge is 0.137 e. The lowest BCUT2D eigenvalue weighted by atomic mass is 10.1. The first-order valence-electron chi connectivity index (χ1n) is 8.32. The molecule has 0 atom stereocenters. The number of benzene rings is 2. The molecule has 0 aliphatic heterocycles. The van der Waals surface area contributed by atoms with Gasteiger partial charge in [-0.1, -0.05) is 63.1 Å². The Morgan fingerprint density at radius 3 is 1.32 bits per heavy atom. The Kier molecular flexibility index (Phi) is 8.44. The number of halogens is 1. The highest BCUT2D eigenvalue weighted by atomic mass is 79.9. The second-order valence-corrected chi connectivity index (χ2v) is 5.79. The summed E-state index contributed by atoms with van der Waals surface area (Å²) in [5.74, 6) is 0. The lowest BCUT2D eigenvalue weighted by Gasteiger charge is -2.38. The van der Waals surface area contributed by atoms with Gasteiger partial charge in [-0.15, -0.1) is 0 Å². The molecule has 0 bridgehead atoms. The maximum Gasteiger partial charge on any atom is 0.137 e. The summed E-state index contributed by atoms with van der Waals surface area (Å²) in [6.45, 7) is 6.93. The predicted molar refractivity (Wildman–Crippen MR) is 93.9 cm³/mol. The van der Waals surface area contributed by atoms with Crippen molar-refractivity contribution in [1.29, 1.82) is 0 Å². The second kappa shape index (κ2) is 9.81. The Morgan fingerprint density at radius 2 is 1.00 bits per heavy atom. The molecular formula is C20H28BrN. The molecule has 0 amide bonds. The van der Waals surface area contributed by atoms with Gasteiger partial charge >= 0.3 is 0 Å². The summed E-state index contributed by atoms with van der Waals surface area (Å²) in [4.78, 5) is 0. The van der Waals surface area contributed by atoms with Gasteiger partial charge in [0.2, 0.25) is 0 Å². The maximum absolute atomic E-state index is 2.29. The SMILES string of the molecule is CCCC[N+](CCCC)(c1ccccc1)c1ccccc1.[Br-]. The van der Waals surface area contributed by atoms with E-state index in [4.69, 9.17) is 0 Å². The van der Waals surface area contributed by atoms with Crippen LogP contribution in [0, 0.1) is 0 Å². The van der Waals surface area contributed by atoms with Crippen molar-refractivity contribution in [3.05, 3.63) is 60.7 Å². The number of para-hydroxylation sites is 2. The number of nitrogens with zero attached hydrogens (tertiary/aromatic N) is 1. The molecule has 0 aliphatic rings. The zero-order chi connectivity index (χ0) is 15.0. The van der Waals surface area contributed by atoms with Crippen molar-refractivity contribution < 1.29 is 17.0 Å². The second-order valence-electron chi connectivity index (χ2n) is 5.79. The van der Waals surface area contributed by atoms with Gasteiger partial charge in [-0.25, -0.2) is 0 Å². The van der Waals surface area contributed by atoms with Crippen molar-refractivity contribution in [2.75, 3.05) is 13.1 Å². The lowest BCUT2D eigenvalue weighted by Crippen LogP contribution is -3.00. The standard InChI is InChI=1S/C20H28N.BrH/c1-3-5-17-21(18-6-4-2,19-13-9-7-10-14-19)20-15-11-8-12-16-20;/h7-16H,3-6,17-18H2,1-2H3;1H/q+1;/p-1. The van der Waals surface area contributed by atoms with E-state index in [1.54, 1.807) is 0 Å². The van der Waals surface area contributed by atoms with Crippen LogP contribution in [0.15, 0.2) is 60.7 Å². The van der Waals surface area contributed by atoms with Crippen LogP contribution in [-0.4, -0.2) is 13.1 Å². The van der Waals surface area contributed by atoms with E-state index in [1.165, 1.54) is 50.1 Å². The van der Waals surface area contributed by atoms with E-state index in [9.17, 15) is 0 Å². The number of quaternary nitrogens is 1. The van der Waals surface area contributed by atoms with Crippen LogP contribution in [0.5, 0.6) is 0 Å². The highest BCUT2D eigenvalue weighted by molar-refractivity contribution is 5.58. The fourth-order valence-electron chi connectivity index (χ4n) is 3.06. The molecule has 22 heavy (non-hydrogen) atoms. The Morgan fingerprint density at radius 1 is 0.636 bits per heavy atom. The molecule has 0 aromatic heterocycles. The highest BCUT2D eigenvalue weighted by Crippen LogP contribution is 2.35. The van der Waals surface area contributed by atoms with Gasteiger partial charge in [0.1, 0.15) is 11.4 Å². The first-order chi connectivity index (χ1) is 10.3. The van der Waals surface area contributed by atoms with Gasteiger partial charge in [-0.2, -0.15) is 0 Å². The van der Waals surface area contributed by atoms with Crippen molar-refractivity contribution in [2.45, 2.75) is 39.5 Å². The van der Waals surface area contributed by atoms with Crippen molar-refractivity contribution in [1.82, 2.24) is 4.48 Å². The van der Waals surface area contributed by atoms with Gasteiger partial charge in [0.05, 0.1) is 13.1 Å².